The summed E-state index contributed by atoms with van der Waals surface area (Å²) >= 11 is 0. The van der Waals surface area contributed by atoms with Crippen molar-refractivity contribution in [1.82, 2.24) is 9.80 Å². The highest BCUT2D eigenvalue weighted by molar-refractivity contribution is 7.93. The lowest BCUT2D eigenvalue weighted by atomic mass is 10.0. The van der Waals surface area contributed by atoms with Crippen molar-refractivity contribution in [3.63, 3.8) is 0 Å². The number of carbonyl (C=O) groups is 2. The highest BCUT2D eigenvalue weighted by Crippen LogP contribution is 2.39. The standard InChI is InChI=1S/C17H22N2O5S/c1-3-24-14-6-4-13(5-7-14)16(21)19-10-8-17(9-11-19)18(2)15(20)12-25(17,22)23/h4-7H,3,8-12H2,1-2H3. The largest absolute Gasteiger partial charge is 0.494 e. The first-order valence-electron chi connectivity index (χ1n) is 8.32. The van der Waals surface area contributed by atoms with Gasteiger partial charge in [0.25, 0.3) is 5.91 Å². The lowest BCUT2D eigenvalue weighted by Crippen LogP contribution is -2.55. The van der Waals surface area contributed by atoms with Gasteiger partial charge >= 0.3 is 0 Å². The summed E-state index contributed by atoms with van der Waals surface area (Å²) in [4.78, 5) is 26.3. The minimum Gasteiger partial charge on any atom is -0.494 e. The van der Waals surface area contributed by atoms with E-state index in [0.29, 0.717) is 31.0 Å². The van der Waals surface area contributed by atoms with Gasteiger partial charge in [-0.1, -0.05) is 0 Å². The van der Waals surface area contributed by atoms with E-state index < -0.39 is 20.5 Å². The van der Waals surface area contributed by atoms with Crippen LogP contribution in [-0.4, -0.2) is 67.4 Å². The molecule has 1 aromatic carbocycles. The van der Waals surface area contributed by atoms with Crippen LogP contribution in [0.25, 0.3) is 0 Å². The number of benzene rings is 1. The number of nitrogens with zero attached hydrogens (tertiary/aromatic N) is 2. The quantitative estimate of drug-likeness (QED) is 0.794. The fraction of sp³-hybridized carbons (Fsp3) is 0.529. The Kier molecular flexibility index (Phi) is 4.49. The molecule has 2 saturated heterocycles. The Morgan fingerprint density at radius 1 is 1.20 bits per heavy atom. The summed E-state index contributed by atoms with van der Waals surface area (Å²) in [5, 5.41) is 0. The van der Waals surface area contributed by atoms with Gasteiger partial charge in [0.05, 0.1) is 6.61 Å². The van der Waals surface area contributed by atoms with Crippen LogP contribution in [0.4, 0.5) is 0 Å². The predicted molar refractivity (Wildman–Crippen MR) is 92.0 cm³/mol. The molecule has 136 valence electrons. The molecule has 1 spiro atoms. The van der Waals surface area contributed by atoms with Gasteiger partial charge in [-0.05, 0) is 31.2 Å². The third kappa shape index (κ3) is 2.88. The van der Waals surface area contributed by atoms with Crippen molar-refractivity contribution in [3.05, 3.63) is 29.8 Å². The second kappa shape index (κ2) is 6.33. The molecule has 2 aliphatic heterocycles. The van der Waals surface area contributed by atoms with Crippen LogP contribution < -0.4 is 4.74 Å². The second-order valence-electron chi connectivity index (χ2n) is 6.41. The maximum Gasteiger partial charge on any atom is 0.253 e. The molecule has 8 heteroatoms. The molecule has 2 amide bonds. The Balaban J connectivity index is 1.72. The van der Waals surface area contributed by atoms with E-state index in [4.69, 9.17) is 4.74 Å². The first-order valence-corrected chi connectivity index (χ1v) is 9.97. The van der Waals surface area contributed by atoms with Crippen molar-refractivity contribution in [3.8, 4) is 5.75 Å². The Bertz CT molecular complexity index is 780. The number of carbonyl (C=O) groups excluding carboxylic acids is 2. The number of hydrogen-bond acceptors (Lipinski definition) is 5. The molecule has 7 nitrogen and oxygen atoms in total. The van der Waals surface area contributed by atoms with Gasteiger partial charge in [0.1, 0.15) is 16.4 Å². The lowest BCUT2D eigenvalue weighted by Gasteiger charge is -2.41. The van der Waals surface area contributed by atoms with Gasteiger partial charge in [-0.15, -0.1) is 0 Å². The first-order chi connectivity index (χ1) is 11.8. The van der Waals surface area contributed by atoms with Crippen LogP contribution >= 0.6 is 0 Å². The fourth-order valence-electron chi connectivity index (χ4n) is 3.58. The smallest absolute Gasteiger partial charge is 0.253 e. The van der Waals surface area contributed by atoms with Crippen LogP contribution in [0.3, 0.4) is 0 Å². The Morgan fingerprint density at radius 2 is 1.80 bits per heavy atom. The molecule has 2 fully saturated rings. The molecule has 0 atom stereocenters. The molecule has 25 heavy (non-hydrogen) atoms. The summed E-state index contributed by atoms with van der Waals surface area (Å²) in [5.74, 6) is -0.238. The normalized spacial score (nSPS) is 21.6. The number of hydrogen-bond donors (Lipinski definition) is 0. The molecular formula is C17H22N2O5S. The predicted octanol–water partition coefficient (Wildman–Crippen LogP) is 0.904. The summed E-state index contributed by atoms with van der Waals surface area (Å²) in [7, 11) is -1.97. The van der Waals surface area contributed by atoms with E-state index in [1.165, 1.54) is 11.9 Å². The SMILES string of the molecule is CCOc1ccc(C(=O)N2CCC3(CC2)N(C)C(=O)CS3(=O)=O)cc1. The van der Waals surface area contributed by atoms with Crippen LogP contribution in [-0.2, 0) is 14.6 Å². The second-order valence-corrected chi connectivity index (χ2v) is 8.69. The molecule has 3 rings (SSSR count). The van der Waals surface area contributed by atoms with Crippen LogP contribution in [0, 0.1) is 0 Å². The number of amides is 2. The third-order valence-corrected chi connectivity index (χ3v) is 7.59. The molecule has 1 aromatic rings. The molecule has 0 aliphatic carbocycles. The zero-order valence-corrected chi connectivity index (χ0v) is 15.2. The Labute approximate surface area is 147 Å². The van der Waals surface area contributed by atoms with Crippen LogP contribution in [0.1, 0.15) is 30.1 Å². The van der Waals surface area contributed by atoms with E-state index in [9.17, 15) is 18.0 Å². The monoisotopic (exact) mass is 366 g/mol. The summed E-state index contributed by atoms with van der Waals surface area (Å²) < 4.78 is 30.2. The molecule has 2 aliphatic rings. The van der Waals surface area contributed by atoms with Crippen molar-refractivity contribution in [2.75, 3.05) is 32.5 Å². The molecule has 0 radical (unpaired) electrons. The number of sulfone groups is 1. The van der Waals surface area contributed by atoms with E-state index in [1.807, 2.05) is 6.92 Å². The van der Waals surface area contributed by atoms with Crippen molar-refractivity contribution < 1.29 is 22.7 Å². The lowest BCUT2D eigenvalue weighted by molar-refractivity contribution is -0.129. The minimum atomic E-state index is -3.51. The van der Waals surface area contributed by atoms with Crippen LogP contribution in [0.15, 0.2) is 24.3 Å². The summed E-state index contributed by atoms with van der Waals surface area (Å²) in [6.07, 6.45) is 0.501. The zero-order chi connectivity index (χ0) is 18.2. The van der Waals surface area contributed by atoms with E-state index in [2.05, 4.69) is 0 Å². The van der Waals surface area contributed by atoms with Gasteiger partial charge < -0.3 is 14.5 Å². The van der Waals surface area contributed by atoms with E-state index in [-0.39, 0.29) is 24.7 Å². The Hall–Kier alpha value is -2.09. The van der Waals surface area contributed by atoms with Crippen molar-refractivity contribution in [1.29, 1.82) is 0 Å². The number of piperidine rings is 1. The molecular weight excluding hydrogens is 344 g/mol. The van der Waals surface area contributed by atoms with E-state index in [0.717, 1.165) is 0 Å². The topological polar surface area (TPSA) is 84.0 Å². The fourth-order valence-corrected chi connectivity index (χ4v) is 5.69. The number of rotatable bonds is 3. The molecule has 0 saturated carbocycles. The van der Waals surface area contributed by atoms with Crippen LogP contribution in [0.5, 0.6) is 5.75 Å². The van der Waals surface area contributed by atoms with Gasteiger partial charge in [0.2, 0.25) is 5.91 Å². The summed E-state index contributed by atoms with van der Waals surface area (Å²) in [5.41, 5.74) is 0.540. The number of ether oxygens (including phenoxy) is 1. The van der Waals surface area contributed by atoms with Gasteiger partial charge in [0, 0.05) is 38.5 Å². The highest BCUT2D eigenvalue weighted by Gasteiger charge is 2.57. The minimum absolute atomic E-state index is 0.137. The average molecular weight is 366 g/mol. The zero-order valence-electron chi connectivity index (χ0n) is 14.4. The van der Waals surface area contributed by atoms with E-state index >= 15 is 0 Å². The van der Waals surface area contributed by atoms with Gasteiger partial charge in [-0.3, -0.25) is 9.59 Å². The molecule has 0 N–H and O–H groups in total. The van der Waals surface area contributed by atoms with Crippen LogP contribution in [0.2, 0.25) is 0 Å². The maximum absolute atomic E-state index is 12.6. The maximum atomic E-state index is 12.6. The molecule has 0 unspecified atom stereocenters. The average Bonchev–Trinajstić information content (AvgIpc) is 2.76. The van der Waals surface area contributed by atoms with Gasteiger partial charge in [-0.25, -0.2) is 8.42 Å². The van der Waals surface area contributed by atoms with Gasteiger partial charge in [-0.2, -0.15) is 0 Å². The van der Waals surface area contributed by atoms with Crippen molar-refractivity contribution in [2.45, 2.75) is 24.6 Å². The highest BCUT2D eigenvalue weighted by atomic mass is 32.2. The van der Waals surface area contributed by atoms with Crippen molar-refractivity contribution >= 4 is 21.7 Å². The third-order valence-electron chi connectivity index (χ3n) is 5.12. The summed E-state index contributed by atoms with van der Waals surface area (Å²) in [6, 6.07) is 6.91. The van der Waals surface area contributed by atoms with E-state index in [1.54, 1.807) is 29.2 Å². The molecule has 0 bridgehead atoms. The molecule has 0 aromatic heterocycles. The Morgan fingerprint density at radius 3 is 2.28 bits per heavy atom. The number of likely N-dealkylation sites (tertiary alicyclic amines) is 1. The first kappa shape index (κ1) is 17.7. The van der Waals surface area contributed by atoms with Crippen molar-refractivity contribution in [2.24, 2.45) is 0 Å². The summed E-state index contributed by atoms with van der Waals surface area (Å²) in [6.45, 7) is 3.06. The molecule has 2 heterocycles. The van der Waals surface area contributed by atoms with Gasteiger partial charge in [0.15, 0.2) is 9.84 Å².